The molecule has 5 heteroatoms. The molecule has 0 radical (unpaired) electrons. The number of carbonyl (C=O) groups is 1. The van der Waals surface area contributed by atoms with Crippen LogP contribution in [-0.2, 0) is 20.6 Å². The van der Waals surface area contributed by atoms with Crippen LogP contribution in [0.3, 0.4) is 0 Å². The van der Waals surface area contributed by atoms with Crippen molar-refractivity contribution in [3.05, 3.63) is 35.9 Å². The van der Waals surface area contributed by atoms with Crippen molar-refractivity contribution < 1.29 is 14.0 Å². The fraction of sp³-hybridized carbons (Fsp3) is 0.696. The molecule has 3 rings (SSSR count). The van der Waals surface area contributed by atoms with Gasteiger partial charge >= 0.3 is 0 Å². The number of nitrogens with zero attached hydrogens (tertiary/aromatic N) is 1. The van der Waals surface area contributed by atoms with Gasteiger partial charge in [0.25, 0.3) is 0 Å². The number of rotatable bonds is 9. The summed E-state index contributed by atoms with van der Waals surface area (Å²) >= 11 is 0. The maximum absolute atomic E-state index is 12.8. The van der Waals surface area contributed by atoms with Gasteiger partial charge in [-0.2, -0.15) is 0 Å². The Morgan fingerprint density at radius 2 is 1.71 bits per heavy atom. The SMILES string of the molecule is CC[Si](CC)(CC)O[C@@H]1CCCC[C@H]1N1C[C@H](OCc2ccccc2)CC1=O. The highest BCUT2D eigenvalue weighted by Gasteiger charge is 2.42. The van der Waals surface area contributed by atoms with Gasteiger partial charge in [-0.3, -0.25) is 4.79 Å². The average molecular weight is 404 g/mol. The van der Waals surface area contributed by atoms with Crippen LogP contribution in [0.5, 0.6) is 0 Å². The molecule has 1 amide bonds. The molecule has 1 heterocycles. The topological polar surface area (TPSA) is 38.8 Å². The standard InChI is InChI=1S/C23H37NO3Si/c1-4-28(5-2,6-3)27-22-15-11-10-14-21(22)24-17-20(16-23(24)25)26-18-19-12-8-7-9-13-19/h7-9,12-13,20-22H,4-6,10-11,14-18H2,1-3H3/t20-,21-,22-/m1/s1. The third-order valence-corrected chi connectivity index (χ3v) is 11.5. The van der Waals surface area contributed by atoms with E-state index in [9.17, 15) is 4.79 Å². The zero-order valence-electron chi connectivity index (χ0n) is 17.9. The van der Waals surface area contributed by atoms with Crippen molar-refractivity contribution >= 4 is 14.2 Å². The van der Waals surface area contributed by atoms with E-state index in [0.29, 0.717) is 13.0 Å². The Balaban J connectivity index is 1.62. The number of likely N-dealkylation sites (tertiary alicyclic amines) is 1. The van der Waals surface area contributed by atoms with Gasteiger partial charge in [-0.05, 0) is 36.5 Å². The van der Waals surface area contributed by atoms with Crippen LogP contribution in [0.2, 0.25) is 18.1 Å². The van der Waals surface area contributed by atoms with Crippen LogP contribution in [0.25, 0.3) is 0 Å². The second-order valence-electron chi connectivity index (χ2n) is 8.42. The smallest absolute Gasteiger partial charge is 0.225 e. The summed E-state index contributed by atoms with van der Waals surface area (Å²) in [5, 5.41) is 0. The van der Waals surface area contributed by atoms with Crippen LogP contribution in [0, 0.1) is 0 Å². The van der Waals surface area contributed by atoms with Crippen LogP contribution >= 0.6 is 0 Å². The molecule has 0 unspecified atom stereocenters. The first-order valence-electron chi connectivity index (χ1n) is 11.2. The molecule has 2 fully saturated rings. The van der Waals surface area contributed by atoms with Crippen molar-refractivity contribution in [1.29, 1.82) is 0 Å². The van der Waals surface area contributed by atoms with E-state index >= 15 is 0 Å². The molecule has 156 valence electrons. The lowest BCUT2D eigenvalue weighted by Gasteiger charge is -2.43. The predicted molar refractivity (Wildman–Crippen MR) is 116 cm³/mol. The van der Waals surface area contributed by atoms with Crippen LogP contribution in [0.4, 0.5) is 0 Å². The number of amides is 1. The normalized spacial score (nSPS) is 26.0. The van der Waals surface area contributed by atoms with Crippen molar-refractivity contribution in [2.75, 3.05) is 6.54 Å². The Kier molecular flexibility index (Phi) is 7.72. The molecular formula is C23H37NO3Si. The molecule has 2 aliphatic rings. The molecule has 0 bridgehead atoms. The molecule has 3 atom stereocenters. The average Bonchev–Trinajstić information content (AvgIpc) is 3.12. The fourth-order valence-corrected chi connectivity index (χ4v) is 7.73. The summed E-state index contributed by atoms with van der Waals surface area (Å²) in [4.78, 5) is 14.9. The van der Waals surface area contributed by atoms with Gasteiger partial charge in [0, 0.05) is 6.54 Å². The summed E-state index contributed by atoms with van der Waals surface area (Å²) in [6.07, 6.45) is 5.32. The zero-order chi connectivity index (χ0) is 20.0. The second kappa shape index (κ2) is 10.0. The summed E-state index contributed by atoms with van der Waals surface area (Å²) < 4.78 is 13.0. The number of hydrogen-bond acceptors (Lipinski definition) is 3. The van der Waals surface area contributed by atoms with Gasteiger partial charge in [0.05, 0.1) is 31.3 Å². The third-order valence-electron chi connectivity index (χ3n) is 6.85. The van der Waals surface area contributed by atoms with Gasteiger partial charge < -0.3 is 14.1 Å². The van der Waals surface area contributed by atoms with E-state index in [1.54, 1.807) is 0 Å². The highest BCUT2D eigenvalue weighted by molar-refractivity contribution is 6.73. The first kappa shape index (κ1) is 21.5. The van der Waals surface area contributed by atoms with Crippen molar-refractivity contribution in [2.24, 2.45) is 0 Å². The van der Waals surface area contributed by atoms with Crippen LogP contribution in [0.1, 0.15) is 58.4 Å². The van der Waals surface area contributed by atoms with E-state index in [-0.39, 0.29) is 24.2 Å². The molecule has 1 aromatic rings. The number of hydrogen-bond donors (Lipinski definition) is 0. The molecule has 0 spiro atoms. The van der Waals surface area contributed by atoms with Crippen molar-refractivity contribution in [1.82, 2.24) is 4.90 Å². The summed E-state index contributed by atoms with van der Waals surface area (Å²) in [7, 11) is -1.67. The van der Waals surface area contributed by atoms with Crippen molar-refractivity contribution in [3.63, 3.8) is 0 Å². The van der Waals surface area contributed by atoms with E-state index < -0.39 is 8.32 Å². The van der Waals surface area contributed by atoms with Gasteiger partial charge in [0.1, 0.15) is 0 Å². The first-order valence-corrected chi connectivity index (χ1v) is 13.8. The predicted octanol–water partition coefficient (Wildman–Crippen LogP) is 5.14. The molecule has 1 saturated carbocycles. The van der Waals surface area contributed by atoms with E-state index in [1.165, 1.54) is 31.0 Å². The summed E-state index contributed by atoms with van der Waals surface area (Å²) in [5.41, 5.74) is 1.16. The lowest BCUT2D eigenvalue weighted by atomic mass is 9.91. The Morgan fingerprint density at radius 3 is 2.39 bits per heavy atom. The van der Waals surface area contributed by atoms with Crippen LogP contribution in [0.15, 0.2) is 30.3 Å². The Morgan fingerprint density at radius 1 is 1.04 bits per heavy atom. The summed E-state index contributed by atoms with van der Waals surface area (Å²) in [6.45, 7) is 8.15. The molecule has 28 heavy (non-hydrogen) atoms. The minimum atomic E-state index is -1.67. The largest absolute Gasteiger partial charge is 0.412 e. The molecule has 1 aromatic carbocycles. The third kappa shape index (κ3) is 5.05. The molecule has 1 aliphatic carbocycles. The Bertz CT molecular complexity index is 611. The van der Waals surface area contributed by atoms with Crippen LogP contribution < -0.4 is 0 Å². The quantitative estimate of drug-likeness (QED) is 0.536. The number of ether oxygens (including phenoxy) is 1. The van der Waals surface area contributed by atoms with E-state index in [1.807, 2.05) is 18.2 Å². The number of carbonyl (C=O) groups excluding carboxylic acids is 1. The minimum Gasteiger partial charge on any atom is -0.412 e. The van der Waals surface area contributed by atoms with E-state index in [0.717, 1.165) is 24.9 Å². The molecule has 1 saturated heterocycles. The zero-order valence-corrected chi connectivity index (χ0v) is 18.9. The summed E-state index contributed by atoms with van der Waals surface area (Å²) in [6, 6.07) is 14.0. The maximum Gasteiger partial charge on any atom is 0.225 e. The Labute approximate surface area is 171 Å². The maximum atomic E-state index is 12.8. The van der Waals surface area contributed by atoms with Gasteiger partial charge in [0.2, 0.25) is 5.91 Å². The lowest BCUT2D eigenvalue weighted by Crippen LogP contribution is -2.52. The van der Waals surface area contributed by atoms with Gasteiger partial charge in [-0.25, -0.2) is 0 Å². The van der Waals surface area contributed by atoms with E-state index in [4.69, 9.17) is 9.16 Å². The highest BCUT2D eigenvalue weighted by atomic mass is 28.4. The summed E-state index contributed by atoms with van der Waals surface area (Å²) in [5.74, 6) is 0.246. The van der Waals surface area contributed by atoms with E-state index in [2.05, 4.69) is 37.8 Å². The van der Waals surface area contributed by atoms with Crippen molar-refractivity contribution in [2.45, 2.75) is 95.9 Å². The number of benzene rings is 1. The lowest BCUT2D eigenvalue weighted by molar-refractivity contribution is -0.132. The fourth-order valence-electron chi connectivity index (χ4n) is 4.81. The van der Waals surface area contributed by atoms with Crippen molar-refractivity contribution in [3.8, 4) is 0 Å². The monoisotopic (exact) mass is 403 g/mol. The molecule has 0 N–H and O–H groups in total. The molecular weight excluding hydrogens is 366 g/mol. The van der Waals surface area contributed by atoms with Gasteiger partial charge in [-0.1, -0.05) is 63.9 Å². The first-order chi connectivity index (χ1) is 13.6. The second-order valence-corrected chi connectivity index (χ2v) is 13.1. The molecule has 1 aliphatic heterocycles. The van der Waals surface area contributed by atoms with Gasteiger partial charge in [0.15, 0.2) is 8.32 Å². The molecule has 4 nitrogen and oxygen atoms in total. The highest BCUT2D eigenvalue weighted by Crippen LogP contribution is 2.34. The van der Waals surface area contributed by atoms with Crippen LogP contribution in [-0.4, -0.2) is 43.9 Å². The Hall–Kier alpha value is -1.17. The minimum absolute atomic E-state index is 0.000750. The molecule has 0 aromatic heterocycles. The van der Waals surface area contributed by atoms with Gasteiger partial charge in [-0.15, -0.1) is 0 Å².